The van der Waals surface area contributed by atoms with E-state index in [1.807, 2.05) is 42.9 Å². The molecule has 4 fully saturated rings. The highest BCUT2D eigenvalue weighted by Gasteiger charge is 2.46. The van der Waals surface area contributed by atoms with Crippen molar-refractivity contribution in [1.82, 2.24) is 19.4 Å². The van der Waals surface area contributed by atoms with Crippen LogP contribution in [0.2, 0.25) is 0 Å². The average molecular weight is 620 g/mol. The number of fused-ring (bicyclic) bond motifs is 5. The Morgan fingerprint density at radius 3 is 2.36 bits per heavy atom. The third-order valence-electron chi connectivity index (χ3n) is 11.2. The first-order valence-corrected chi connectivity index (χ1v) is 17.6. The molecule has 2 aliphatic carbocycles. The molecule has 45 heavy (non-hydrogen) atoms. The molecule has 1 N–H and O–H groups in total. The lowest BCUT2D eigenvalue weighted by Gasteiger charge is -2.56. The van der Waals surface area contributed by atoms with Crippen molar-refractivity contribution in [2.24, 2.45) is 22.9 Å². The van der Waals surface area contributed by atoms with Crippen LogP contribution in [0.15, 0.2) is 34.2 Å². The number of benzene rings is 1. The second kappa shape index (κ2) is 14.3. The first-order valence-electron chi connectivity index (χ1n) is 17.6. The molecule has 3 unspecified atom stereocenters. The summed E-state index contributed by atoms with van der Waals surface area (Å²) in [5.74, 6) is 1.75. The summed E-state index contributed by atoms with van der Waals surface area (Å²) in [4.78, 5) is 41.4. The third-order valence-corrected chi connectivity index (χ3v) is 11.2. The van der Waals surface area contributed by atoms with Crippen molar-refractivity contribution in [3.05, 3.63) is 40.3 Å². The van der Waals surface area contributed by atoms with Crippen molar-refractivity contribution in [2.45, 2.75) is 121 Å². The Kier molecular flexibility index (Phi) is 10.2. The van der Waals surface area contributed by atoms with Crippen LogP contribution in [0.3, 0.4) is 0 Å². The first kappa shape index (κ1) is 32.2. The minimum Gasteiger partial charge on any atom is -0.481 e. The summed E-state index contributed by atoms with van der Waals surface area (Å²) in [5.41, 5.74) is 1.96. The Morgan fingerprint density at radius 2 is 1.69 bits per heavy atom. The minimum atomic E-state index is -0.936. The molecular formula is C36H53N5O4. The molecule has 2 aromatic rings. The molecule has 0 radical (unpaired) electrons. The van der Waals surface area contributed by atoms with Crippen molar-refractivity contribution < 1.29 is 14.7 Å². The van der Waals surface area contributed by atoms with Crippen molar-refractivity contribution in [2.75, 3.05) is 27.2 Å². The van der Waals surface area contributed by atoms with Gasteiger partial charge in [-0.05, 0) is 108 Å². The number of carbonyl (C=O) groups is 1. The monoisotopic (exact) mass is 619 g/mol. The molecule has 246 valence electrons. The predicted molar refractivity (Wildman–Crippen MR) is 178 cm³/mol. The molecule has 3 heterocycles. The van der Waals surface area contributed by atoms with Crippen LogP contribution in [0.4, 0.5) is 0 Å². The SMILES string of the molecule is CCC1C[C@@H]2CC(N3[C@@H]4CCC[C@H]3CC(n3c(=O)c(C(CCC(=O)O)=NOCCCN(C)C)nc5ccccc53)C4)C[C@H](C1)C2. The van der Waals surface area contributed by atoms with Crippen LogP contribution < -0.4 is 5.56 Å². The van der Waals surface area contributed by atoms with E-state index in [2.05, 4.69) is 21.9 Å². The summed E-state index contributed by atoms with van der Waals surface area (Å²) in [7, 11) is 4.01. The van der Waals surface area contributed by atoms with Gasteiger partial charge in [0.05, 0.1) is 17.5 Å². The lowest BCUT2D eigenvalue weighted by molar-refractivity contribution is -0.136. The number of oxime groups is 1. The van der Waals surface area contributed by atoms with E-state index >= 15 is 0 Å². The van der Waals surface area contributed by atoms with Crippen LogP contribution in [0.1, 0.15) is 109 Å². The van der Waals surface area contributed by atoms with Gasteiger partial charge in [-0.2, -0.15) is 0 Å². The van der Waals surface area contributed by atoms with Crippen LogP contribution in [-0.4, -0.2) is 81.5 Å². The number of aliphatic carboxylic acids is 1. The fourth-order valence-electron chi connectivity index (χ4n) is 9.43. The molecule has 4 aliphatic rings. The molecule has 2 saturated heterocycles. The van der Waals surface area contributed by atoms with E-state index in [9.17, 15) is 14.7 Å². The van der Waals surface area contributed by atoms with E-state index < -0.39 is 5.97 Å². The third kappa shape index (κ3) is 7.30. The quantitative estimate of drug-likeness (QED) is 0.174. The molecule has 6 rings (SSSR count). The largest absolute Gasteiger partial charge is 0.481 e. The normalized spacial score (nSPS) is 30.5. The lowest BCUT2D eigenvalue weighted by atomic mass is 9.64. The number of rotatable bonds is 12. The van der Waals surface area contributed by atoms with Gasteiger partial charge < -0.3 is 19.4 Å². The predicted octanol–water partition coefficient (Wildman–Crippen LogP) is 6.10. The number of hydrogen-bond acceptors (Lipinski definition) is 7. The topological polar surface area (TPSA) is 100 Å². The Hall–Kier alpha value is -2.78. The number of para-hydroxylation sites is 2. The number of carboxylic acid groups (broad SMARTS) is 1. The highest BCUT2D eigenvalue weighted by Crippen LogP contribution is 2.49. The smallest absolute Gasteiger partial charge is 0.303 e. The van der Waals surface area contributed by atoms with Crippen molar-refractivity contribution in [3.63, 3.8) is 0 Å². The molecular weight excluding hydrogens is 566 g/mol. The molecule has 9 nitrogen and oxygen atoms in total. The Bertz CT molecular complexity index is 1390. The Labute approximate surface area is 268 Å². The van der Waals surface area contributed by atoms with E-state index in [1.165, 1.54) is 57.8 Å². The van der Waals surface area contributed by atoms with Crippen molar-refractivity contribution in [3.8, 4) is 0 Å². The number of carboxylic acids is 1. The molecule has 0 spiro atoms. The zero-order valence-electron chi connectivity index (χ0n) is 27.6. The molecule has 2 aliphatic heterocycles. The van der Waals surface area contributed by atoms with E-state index in [-0.39, 0.29) is 30.1 Å². The van der Waals surface area contributed by atoms with E-state index in [0.717, 1.165) is 54.6 Å². The Balaban J connectivity index is 1.29. The van der Waals surface area contributed by atoms with Gasteiger partial charge in [0.25, 0.3) is 5.56 Å². The highest BCUT2D eigenvalue weighted by atomic mass is 16.6. The van der Waals surface area contributed by atoms with Crippen molar-refractivity contribution >= 4 is 22.7 Å². The van der Waals surface area contributed by atoms with Gasteiger partial charge >= 0.3 is 5.97 Å². The number of aromatic nitrogens is 2. The van der Waals surface area contributed by atoms with Gasteiger partial charge in [-0.25, -0.2) is 4.98 Å². The Morgan fingerprint density at radius 1 is 0.978 bits per heavy atom. The maximum atomic E-state index is 14.4. The molecule has 1 aromatic carbocycles. The van der Waals surface area contributed by atoms with Crippen molar-refractivity contribution in [1.29, 1.82) is 0 Å². The number of hydrogen-bond donors (Lipinski definition) is 1. The second-order valence-corrected chi connectivity index (χ2v) is 14.7. The highest BCUT2D eigenvalue weighted by molar-refractivity contribution is 6.00. The van der Waals surface area contributed by atoms with Gasteiger partial charge in [0.2, 0.25) is 0 Å². The summed E-state index contributed by atoms with van der Waals surface area (Å²) in [6, 6.07) is 9.63. The standard InChI is InChI=1S/C36H53N5O4/c1-4-24-17-25-19-26(18-24)21-29(20-25)40-27-9-7-10-28(40)23-30(22-27)41-33-12-6-5-11-31(33)37-35(36(41)44)32(13-14-34(42)43)38-45-16-8-15-39(2)3/h5-6,11-12,24-30H,4,7-10,13-23H2,1-3H3,(H,42,43)/t24?,25-,26+,27-,28+,29?,30?. The average Bonchev–Trinajstić information content (AvgIpc) is 3.00. The van der Waals surface area contributed by atoms with E-state index in [4.69, 9.17) is 9.82 Å². The summed E-state index contributed by atoms with van der Waals surface area (Å²) < 4.78 is 1.99. The van der Waals surface area contributed by atoms with Gasteiger partial charge in [-0.3, -0.25) is 14.5 Å². The van der Waals surface area contributed by atoms with Gasteiger partial charge in [-0.1, -0.05) is 37.1 Å². The zero-order valence-corrected chi connectivity index (χ0v) is 27.6. The summed E-state index contributed by atoms with van der Waals surface area (Å²) in [5, 5.41) is 13.8. The molecule has 9 heteroatoms. The van der Waals surface area contributed by atoms with Crippen LogP contribution in [-0.2, 0) is 9.63 Å². The van der Waals surface area contributed by atoms with Gasteiger partial charge in [0.15, 0.2) is 5.69 Å². The second-order valence-electron chi connectivity index (χ2n) is 14.7. The van der Waals surface area contributed by atoms with Crippen LogP contribution in [0.25, 0.3) is 11.0 Å². The fraction of sp³-hybridized carbons (Fsp3) is 0.722. The van der Waals surface area contributed by atoms with Gasteiger partial charge in [0.1, 0.15) is 12.3 Å². The fourth-order valence-corrected chi connectivity index (χ4v) is 9.43. The maximum Gasteiger partial charge on any atom is 0.303 e. The van der Waals surface area contributed by atoms with E-state index in [1.54, 1.807) is 0 Å². The summed E-state index contributed by atoms with van der Waals surface area (Å²) in [6.07, 6.45) is 14.6. The molecule has 7 atom stereocenters. The van der Waals surface area contributed by atoms with Gasteiger partial charge in [0, 0.05) is 37.1 Å². The molecule has 4 bridgehead atoms. The molecule has 1 aromatic heterocycles. The summed E-state index contributed by atoms with van der Waals surface area (Å²) in [6.45, 7) is 3.61. The number of piperidine rings is 2. The van der Waals surface area contributed by atoms with Crippen LogP contribution >= 0.6 is 0 Å². The van der Waals surface area contributed by atoms with Gasteiger partial charge in [-0.15, -0.1) is 0 Å². The number of nitrogens with zero attached hydrogens (tertiary/aromatic N) is 5. The molecule has 0 amide bonds. The summed E-state index contributed by atoms with van der Waals surface area (Å²) >= 11 is 0. The maximum absolute atomic E-state index is 14.4. The zero-order chi connectivity index (χ0) is 31.5. The van der Waals surface area contributed by atoms with E-state index in [0.29, 0.717) is 30.4 Å². The van der Waals surface area contributed by atoms with Crippen LogP contribution in [0.5, 0.6) is 0 Å². The lowest BCUT2D eigenvalue weighted by Crippen LogP contribution is -2.59. The first-order chi connectivity index (χ1) is 21.8. The van der Waals surface area contributed by atoms with Crippen LogP contribution in [0, 0.1) is 17.8 Å². The molecule has 2 saturated carbocycles. The minimum absolute atomic E-state index is 0.0741.